The van der Waals surface area contributed by atoms with E-state index in [2.05, 4.69) is 17.0 Å². The summed E-state index contributed by atoms with van der Waals surface area (Å²) in [7, 11) is 0. The fourth-order valence-electron chi connectivity index (χ4n) is 5.19. The molecule has 0 aromatic heterocycles. The van der Waals surface area contributed by atoms with Gasteiger partial charge in [-0.25, -0.2) is 4.79 Å². The fourth-order valence-corrected chi connectivity index (χ4v) is 5.19. The normalized spacial score (nSPS) is 20.1. The molecule has 10 heteroatoms. The summed E-state index contributed by atoms with van der Waals surface area (Å²) < 4.78 is 16.8. The van der Waals surface area contributed by atoms with Crippen LogP contribution in [0, 0.1) is 0 Å². The summed E-state index contributed by atoms with van der Waals surface area (Å²) in [5.74, 6) is -1.13. The van der Waals surface area contributed by atoms with Crippen molar-refractivity contribution in [2.45, 2.75) is 65.0 Å². The Kier molecular flexibility index (Phi) is 7.91. The summed E-state index contributed by atoms with van der Waals surface area (Å²) in [5, 5.41) is 0. The van der Waals surface area contributed by atoms with E-state index in [1.54, 1.807) is 32.9 Å². The quantitative estimate of drug-likeness (QED) is 0.504. The number of hydrogen-bond donors (Lipinski definition) is 0. The lowest BCUT2D eigenvalue weighted by atomic mass is 10.0. The molecule has 0 spiro atoms. The van der Waals surface area contributed by atoms with E-state index in [0.29, 0.717) is 28.4 Å². The molecule has 4 amide bonds. The molecule has 10 nitrogen and oxygen atoms in total. The summed E-state index contributed by atoms with van der Waals surface area (Å²) in [5.41, 5.74) is 2.48. The number of ether oxygens (including phenoxy) is 3. The van der Waals surface area contributed by atoms with Gasteiger partial charge in [0.25, 0.3) is 11.8 Å². The molecule has 0 aliphatic carbocycles. The lowest BCUT2D eigenvalue weighted by Gasteiger charge is -2.35. The van der Waals surface area contributed by atoms with E-state index in [0.717, 1.165) is 38.4 Å². The summed E-state index contributed by atoms with van der Waals surface area (Å²) in [4.78, 5) is 56.0. The molecule has 3 aliphatic rings. The number of carbonyl (C=O) groups excluding carboxylic acids is 4. The molecule has 2 aromatic carbocycles. The smallest absolute Gasteiger partial charge is 0.424 e. The van der Waals surface area contributed by atoms with E-state index < -0.39 is 29.6 Å². The van der Waals surface area contributed by atoms with E-state index in [4.69, 9.17) is 14.2 Å². The van der Waals surface area contributed by atoms with E-state index in [-0.39, 0.29) is 25.3 Å². The number of hydrogen-bond acceptors (Lipinski definition) is 8. The SMILES string of the molecule is CC(C)(C)OC(=O)N1C(=O)CC[C@H](N2Cc3c(OCc4ccc(CN5CCOCC5)cc4)cccc3C2=O)C1=O. The first kappa shape index (κ1) is 27.8. The second kappa shape index (κ2) is 11.4. The first-order valence-corrected chi connectivity index (χ1v) is 13.6. The van der Waals surface area contributed by atoms with Crippen LogP contribution in [0.4, 0.5) is 4.79 Å². The largest absolute Gasteiger partial charge is 0.489 e. The number of nitrogens with zero attached hydrogens (tertiary/aromatic N) is 3. The van der Waals surface area contributed by atoms with E-state index in [1.807, 2.05) is 18.2 Å². The monoisotopic (exact) mass is 549 g/mol. The van der Waals surface area contributed by atoms with Gasteiger partial charge in [-0.1, -0.05) is 30.3 Å². The fraction of sp³-hybridized carbons (Fsp3) is 0.467. The van der Waals surface area contributed by atoms with Gasteiger partial charge >= 0.3 is 6.09 Å². The van der Waals surface area contributed by atoms with Crippen LogP contribution in [-0.4, -0.2) is 76.5 Å². The van der Waals surface area contributed by atoms with Gasteiger partial charge in [0, 0.05) is 37.2 Å². The highest BCUT2D eigenvalue weighted by Gasteiger charge is 2.46. The predicted molar refractivity (Wildman–Crippen MR) is 144 cm³/mol. The molecule has 0 N–H and O–H groups in total. The maximum atomic E-state index is 13.3. The Morgan fingerprint density at radius 3 is 2.40 bits per heavy atom. The molecule has 2 aromatic rings. The third-order valence-corrected chi connectivity index (χ3v) is 7.22. The average Bonchev–Trinajstić information content (AvgIpc) is 3.24. The van der Waals surface area contributed by atoms with Crippen molar-refractivity contribution in [1.29, 1.82) is 0 Å². The van der Waals surface area contributed by atoms with Gasteiger partial charge in [0.05, 0.1) is 19.8 Å². The molecule has 5 rings (SSSR count). The molecule has 0 saturated carbocycles. The number of imide groups is 3. The van der Waals surface area contributed by atoms with Crippen molar-refractivity contribution in [2.24, 2.45) is 0 Å². The molecule has 2 saturated heterocycles. The lowest BCUT2D eigenvalue weighted by molar-refractivity contribution is -0.150. The van der Waals surface area contributed by atoms with Crippen molar-refractivity contribution in [3.63, 3.8) is 0 Å². The van der Waals surface area contributed by atoms with Crippen LogP contribution in [0.2, 0.25) is 0 Å². The van der Waals surface area contributed by atoms with E-state index in [9.17, 15) is 19.2 Å². The topological polar surface area (TPSA) is 106 Å². The minimum atomic E-state index is -1.02. The first-order valence-electron chi connectivity index (χ1n) is 13.6. The summed E-state index contributed by atoms with van der Waals surface area (Å²) >= 11 is 0. The van der Waals surface area contributed by atoms with Crippen LogP contribution in [-0.2, 0) is 38.8 Å². The third-order valence-electron chi connectivity index (χ3n) is 7.22. The first-order chi connectivity index (χ1) is 19.1. The van der Waals surface area contributed by atoms with Crippen molar-refractivity contribution < 1.29 is 33.4 Å². The molecule has 3 aliphatic heterocycles. The molecular formula is C30H35N3O7. The minimum Gasteiger partial charge on any atom is -0.489 e. The van der Waals surface area contributed by atoms with Crippen LogP contribution in [0.15, 0.2) is 42.5 Å². The van der Waals surface area contributed by atoms with Gasteiger partial charge in [0.15, 0.2) is 0 Å². The molecule has 0 radical (unpaired) electrons. The number of rotatable bonds is 6. The van der Waals surface area contributed by atoms with Gasteiger partial charge in [-0.2, -0.15) is 4.90 Å². The van der Waals surface area contributed by atoms with Gasteiger partial charge in [-0.15, -0.1) is 0 Å². The van der Waals surface area contributed by atoms with Crippen LogP contribution in [0.5, 0.6) is 5.75 Å². The maximum Gasteiger partial charge on any atom is 0.424 e. The number of carbonyl (C=O) groups is 4. The number of benzene rings is 2. The number of piperidine rings is 1. The van der Waals surface area contributed by atoms with E-state index >= 15 is 0 Å². The van der Waals surface area contributed by atoms with Crippen LogP contribution in [0.3, 0.4) is 0 Å². The molecule has 1 atom stereocenters. The van der Waals surface area contributed by atoms with Gasteiger partial charge in [-0.05, 0) is 50.5 Å². The minimum absolute atomic E-state index is 0.0410. The highest BCUT2D eigenvalue weighted by Crippen LogP contribution is 2.35. The highest BCUT2D eigenvalue weighted by atomic mass is 16.6. The zero-order valence-corrected chi connectivity index (χ0v) is 23.2. The molecule has 0 bridgehead atoms. The third kappa shape index (κ3) is 6.03. The summed E-state index contributed by atoms with van der Waals surface area (Å²) in [6, 6.07) is 12.6. The second-order valence-electron chi connectivity index (χ2n) is 11.3. The Labute approximate surface area is 233 Å². The van der Waals surface area contributed by atoms with Crippen LogP contribution >= 0.6 is 0 Å². The zero-order chi connectivity index (χ0) is 28.4. The Morgan fingerprint density at radius 2 is 1.70 bits per heavy atom. The molecule has 40 heavy (non-hydrogen) atoms. The molecule has 3 heterocycles. The number of amides is 4. The Bertz CT molecular complexity index is 1300. The van der Waals surface area contributed by atoms with Crippen molar-refractivity contribution >= 4 is 23.8 Å². The summed E-state index contributed by atoms with van der Waals surface area (Å²) in [6.45, 7) is 9.72. The van der Waals surface area contributed by atoms with Gasteiger partial charge < -0.3 is 19.1 Å². The van der Waals surface area contributed by atoms with E-state index in [1.165, 1.54) is 10.5 Å². The van der Waals surface area contributed by atoms with Crippen molar-refractivity contribution in [1.82, 2.24) is 14.7 Å². The number of likely N-dealkylation sites (tertiary alicyclic amines) is 1. The molecular weight excluding hydrogens is 514 g/mol. The van der Waals surface area contributed by atoms with Crippen molar-refractivity contribution in [3.8, 4) is 5.75 Å². The zero-order valence-electron chi connectivity index (χ0n) is 23.2. The van der Waals surface area contributed by atoms with Crippen LogP contribution in [0.1, 0.15) is 60.7 Å². The lowest BCUT2D eigenvalue weighted by Crippen LogP contribution is -2.57. The summed E-state index contributed by atoms with van der Waals surface area (Å²) in [6.07, 6.45) is -0.916. The second-order valence-corrected chi connectivity index (χ2v) is 11.3. The molecule has 0 unspecified atom stereocenters. The Hall–Kier alpha value is -3.76. The Balaban J connectivity index is 1.25. The van der Waals surface area contributed by atoms with Gasteiger partial charge in [0.1, 0.15) is 24.0 Å². The Morgan fingerprint density at radius 1 is 1.00 bits per heavy atom. The standard InChI is InChI=1S/C30H35N3O7/c1-30(2,3)40-29(37)33-26(34)12-11-24(28(33)36)32-18-23-22(27(32)35)5-4-6-25(23)39-19-21-9-7-20(8-10-21)17-31-13-15-38-16-14-31/h4-10,24H,11-19H2,1-3H3/t24-/m0/s1. The molecule has 212 valence electrons. The van der Waals surface area contributed by atoms with Crippen molar-refractivity contribution in [2.75, 3.05) is 26.3 Å². The van der Waals surface area contributed by atoms with Crippen molar-refractivity contribution in [3.05, 3.63) is 64.7 Å². The van der Waals surface area contributed by atoms with Gasteiger partial charge in [0.2, 0.25) is 5.91 Å². The van der Waals surface area contributed by atoms with Gasteiger partial charge in [-0.3, -0.25) is 19.3 Å². The van der Waals surface area contributed by atoms with Crippen LogP contribution in [0.25, 0.3) is 0 Å². The van der Waals surface area contributed by atoms with Crippen LogP contribution < -0.4 is 4.74 Å². The average molecular weight is 550 g/mol. The highest BCUT2D eigenvalue weighted by molar-refractivity contribution is 6.13. The number of fused-ring (bicyclic) bond motifs is 1. The number of morpholine rings is 1. The predicted octanol–water partition coefficient (Wildman–Crippen LogP) is 3.51. The maximum absolute atomic E-state index is 13.3. The molecule has 2 fully saturated rings.